The van der Waals surface area contributed by atoms with Crippen LogP contribution in [0.25, 0.3) is 22.0 Å². The summed E-state index contributed by atoms with van der Waals surface area (Å²) in [5.41, 5.74) is -1.76. The predicted molar refractivity (Wildman–Crippen MR) is 144 cm³/mol. The van der Waals surface area contributed by atoms with E-state index in [1.807, 2.05) is 45.0 Å². The van der Waals surface area contributed by atoms with E-state index in [-0.39, 0.29) is 12.5 Å². The number of amides is 1. The maximum atomic E-state index is 13.0. The second kappa shape index (κ2) is 11.4. The molecule has 0 atom stereocenters. The van der Waals surface area contributed by atoms with Gasteiger partial charge in [-0.1, -0.05) is 43.7 Å². The van der Waals surface area contributed by atoms with E-state index in [9.17, 15) is 26.4 Å². The number of alkyl halides is 3. The van der Waals surface area contributed by atoms with Gasteiger partial charge in [-0.2, -0.15) is 21.6 Å². The number of rotatable bonds is 8. The summed E-state index contributed by atoms with van der Waals surface area (Å²) in [5.74, 6) is -0.248. The van der Waals surface area contributed by atoms with Crippen LogP contribution < -0.4 is 9.50 Å². The maximum Gasteiger partial charge on any atom is 0.534 e. The molecule has 0 bridgehead atoms. The molecule has 0 spiro atoms. The smallest absolute Gasteiger partial charge is 0.444 e. The minimum absolute atomic E-state index is 0.213. The third-order valence-electron chi connectivity index (χ3n) is 5.62. The SMILES string of the molecule is Cc1ccc(-c2c(CCNC(=O)OC(C)(C)C)c(CC(C)C)nc3ccc(OS(=O)(=O)C(F)(F)F)cc23)cc1. The van der Waals surface area contributed by atoms with Crippen molar-refractivity contribution < 1.29 is 35.3 Å². The zero-order valence-corrected chi connectivity index (χ0v) is 23.6. The lowest BCUT2D eigenvalue weighted by Gasteiger charge is -2.21. The van der Waals surface area contributed by atoms with Crippen molar-refractivity contribution in [3.05, 3.63) is 59.3 Å². The van der Waals surface area contributed by atoms with E-state index in [0.717, 1.165) is 28.5 Å². The van der Waals surface area contributed by atoms with Crippen molar-refractivity contribution in [1.29, 1.82) is 0 Å². The Kier molecular flexibility index (Phi) is 8.84. The third-order valence-corrected chi connectivity index (χ3v) is 6.60. The van der Waals surface area contributed by atoms with Gasteiger partial charge >= 0.3 is 21.7 Å². The Morgan fingerprint density at radius 3 is 2.26 bits per heavy atom. The average molecular weight is 567 g/mol. The Bertz CT molecular complexity index is 1450. The van der Waals surface area contributed by atoms with E-state index in [1.54, 1.807) is 20.8 Å². The number of carbonyl (C=O) groups is 1. The van der Waals surface area contributed by atoms with Crippen LogP contribution in [0.4, 0.5) is 18.0 Å². The molecule has 0 saturated heterocycles. The highest BCUT2D eigenvalue weighted by molar-refractivity contribution is 7.88. The molecule has 39 heavy (non-hydrogen) atoms. The van der Waals surface area contributed by atoms with Gasteiger partial charge in [0.1, 0.15) is 11.4 Å². The maximum absolute atomic E-state index is 13.0. The zero-order valence-electron chi connectivity index (χ0n) is 22.8. The molecule has 2 aromatic carbocycles. The molecule has 11 heteroatoms. The van der Waals surface area contributed by atoms with Crippen LogP contribution >= 0.6 is 0 Å². The number of hydrogen-bond acceptors (Lipinski definition) is 6. The van der Waals surface area contributed by atoms with Gasteiger partial charge in [-0.05, 0) is 81.3 Å². The average Bonchev–Trinajstić information content (AvgIpc) is 2.77. The number of nitrogens with one attached hydrogen (secondary N) is 1. The standard InChI is InChI=1S/C28H33F3N2O5S/c1-17(2)15-24-21(13-14-32-26(34)37-27(4,5)6)25(19-9-7-18(3)8-10-19)22-16-20(11-12-23(22)33-24)38-39(35,36)28(29,30)31/h7-12,16-17H,13-15H2,1-6H3,(H,32,34). The first kappa shape index (κ1) is 30.2. The van der Waals surface area contributed by atoms with Gasteiger partial charge in [-0.3, -0.25) is 4.98 Å². The van der Waals surface area contributed by atoms with Gasteiger partial charge in [0.2, 0.25) is 0 Å². The summed E-state index contributed by atoms with van der Waals surface area (Å²) in [5, 5.41) is 3.17. The number of benzene rings is 2. The fourth-order valence-corrected chi connectivity index (χ4v) is 4.49. The molecule has 212 valence electrons. The van der Waals surface area contributed by atoms with Gasteiger partial charge in [-0.25, -0.2) is 4.79 Å². The molecule has 3 rings (SSSR count). The Morgan fingerprint density at radius 1 is 1.05 bits per heavy atom. The van der Waals surface area contributed by atoms with E-state index in [2.05, 4.69) is 9.50 Å². The van der Waals surface area contributed by atoms with Gasteiger partial charge in [0.05, 0.1) is 5.52 Å². The summed E-state index contributed by atoms with van der Waals surface area (Å²) in [4.78, 5) is 17.1. The van der Waals surface area contributed by atoms with Gasteiger partial charge in [-0.15, -0.1) is 0 Å². The minimum atomic E-state index is -5.86. The second-order valence-corrected chi connectivity index (χ2v) is 12.3. The first-order chi connectivity index (χ1) is 18.0. The molecule has 1 amide bonds. The zero-order chi connectivity index (χ0) is 29.2. The lowest BCUT2D eigenvalue weighted by Crippen LogP contribution is -2.33. The van der Waals surface area contributed by atoms with E-state index in [0.29, 0.717) is 29.3 Å². The minimum Gasteiger partial charge on any atom is -0.444 e. The number of carbonyl (C=O) groups excluding carboxylic acids is 1. The van der Waals surface area contributed by atoms with Crippen molar-refractivity contribution in [3.8, 4) is 16.9 Å². The Hall–Kier alpha value is -3.34. The van der Waals surface area contributed by atoms with Crippen molar-refractivity contribution in [2.75, 3.05) is 6.54 Å². The van der Waals surface area contributed by atoms with Gasteiger partial charge in [0.15, 0.2) is 0 Å². The molecule has 0 fully saturated rings. The number of ether oxygens (including phenoxy) is 1. The fraction of sp³-hybridized carbons (Fsp3) is 0.429. The van der Waals surface area contributed by atoms with Crippen LogP contribution in [0.5, 0.6) is 5.75 Å². The van der Waals surface area contributed by atoms with Crippen LogP contribution in [0, 0.1) is 12.8 Å². The number of nitrogens with zero attached hydrogens (tertiary/aromatic N) is 1. The van der Waals surface area contributed by atoms with Crippen molar-refractivity contribution >= 4 is 27.1 Å². The lowest BCUT2D eigenvalue weighted by atomic mass is 9.89. The first-order valence-corrected chi connectivity index (χ1v) is 13.9. The number of pyridine rings is 1. The van der Waals surface area contributed by atoms with Crippen LogP contribution in [-0.2, 0) is 27.7 Å². The summed E-state index contributed by atoms with van der Waals surface area (Å²) in [6, 6.07) is 11.4. The van der Waals surface area contributed by atoms with E-state index in [1.165, 1.54) is 12.1 Å². The molecule has 0 radical (unpaired) electrons. The number of fused-ring (bicyclic) bond motifs is 1. The summed E-state index contributed by atoms with van der Waals surface area (Å²) in [6.45, 7) is 11.5. The molecule has 1 N–H and O–H groups in total. The number of aryl methyl sites for hydroxylation is 1. The molecule has 0 unspecified atom stereocenters. The first-order valence-electron chi connectivity index (χ1n) is 12.5. The second-order valence-electron chi connectivity index (χ2n) is 10.7. The van der Waals surface area contributed by atoms with E-state index in [4.69, 9.17) is 9.72 Å². The van der Waals surface area contributed by atoms with Crippen molar-refractivity contribution in [1.82, 2.24) is 10.3 Å². The predicted octanol–water partition coefficient (Wildman–Crippen LogP) is 6.70. The normalized spacial score (nSPS) is 12.6. The van der Waals surface area contributed by atoms with E-state index < -0.39 is 33.1 Å². The molecule has 0 aliphatic carbocycles. The Labute approximate surface area is 226 Å². The van der Waals surface area contributed by atoms with Crippen LogP contribution in [0.1, 0.15) is 51.4 Å². The molecule has 0 aliphatic heterocycles. The molecule has 7 nitrogen and oxygen atoms in total. The van der Waals surface area contributed by atoms with Gasteiger partial charge in [0.25, 0.3) is 0 Å². The monoisotopic (exact) mass is 566 g/mol. The van der Waals surface area contributed by atoms with Crippen LogP contribution in [0.3, 0.4) is 0 Å². The van der Waals surface area contributed by atoms with Gasteiger partial charge < -0.3 is 14.2 Å². The summed E-state index contributed by atoms with van der Waals surface area (Å²) in [6.07, 6.45) is 0.378. The number of alkyl carbamates (subject to hydrolysis) is 1. The van der Waals surface area contributed by atoms with Crippen molar-refractivity contribution in [2.24, 2.45) is 5.92 Å². The number of aromatic nitrogens is 1. The summed E-state index contributed by atoms with van der Waals surface area (Å²) < 4.78 is 72.1. The summed E-state index contributed by atoms with van der Waals surface area (Å²) >= 11 is 0. The van der Waals surface area contributed by atoms with Crippen molar-refractivity contribution in [3.63, 3.8) is 0 Å². The fourth-order valence-electron chi connectivity index (χ4n) is 4.04. The lowest BCUT2D eigenvalue weighted by molar-refractivity contribution is -0.0500. The highest BCUT2D eigenvalue weighted by atomic mass is 32.2. The number of hydrogen-bond donors (Lipinski definition) is 1. The number of halogens is 3. The topological polar surface area (TPSA) is 94.6 Å². The quantitative estimate of drug-likeness (QED) is 0.241. The Morgan fingerprint density at radius 2 is 1.69 bits per heavy atom. The van der Waals surface area contributed by atoms with Crippen LogP contribution in [0.2, 0.25) is 0 Å². The largest absolute Gasteiger partial charge is 0.534 e. The molecule has 0 saturated carbocycles. The molecule has 3 aromatic rings. The molecule has 0 aliphatic rings. The Balaban J connectivity index is 2.18. The molecule has 1 aromatic heterocycles. The van der Waals surface area contributed by atoms with Crippen LogP contribution in [0.15, 0.2) is 42.5 Å². The van der Waals surface area contributed by atoms with Crippen LogP contribution in [-0.4, -0.2) is 37.1 Å². The molecular weight excluding hydrogens is 533 g/mol. The van der Waals surface area contributed by atoms with Gasteiger partial charge in [0, 0.05) is 17.6 Å². The molecule has 1 heterocycles. The van der Waals surface area contributed by atoms with Crippen molar-refractivity contribution in [2.45, 2.75) is 65.5 Å². The highest BCUT2D eigenvalue weighted by Crippen LogP contribution is 2.37. The summed E-state index contributed by atoms with van der Waals surface area (Å²) in [7, 11) is -5.86. The third kappa shape index (κ3) is 7.84. The highest BCUT2D eigenvalue weighted by Gasteiger charge is 2.48. The van der Waals surface area contributed by atoms with E-state index >= 15 is 0 Å². The molecular formula is C28H33F3N2O5S.